The van der Waals surface area contributed by atoms with Crippen LogP contribution in [0.5, 0.6) is 0 Å². The highest BCUT2D eigenvalue weighted by atomic mass is 35.8. The molecule has 0 aliphatic carbocycles. The SMILES string of the molecule is C=CC(=O)OC(C)CCCCCCCC[Si](Cl)(Cl)Cl. The van der Waals surface area contributed by atoms with Crippen LogP contribution in [0, 0.1) is 0 Å². The van der Waals surface area contributed by atoms with Crippen LogP contribution in [0.3, 0.4) is 0 Å². The average molecular weight is 346 g/mol. The highest BCUT2D eigenvalue weighted by Gasteiger charge is 2.23. The molecule has 0 radical (unpaired) electrons. The van der Waals surface area contributed by atoms with Gasteiger partial charge in [-0.05, 0) is 25.8 Å². The maximum atomic E-state index is 10.9. The predicted molar refractivity (Wildman–Crippen MR) is 86.2 cm³/mol. The molecule has 6 heteroatoms. The molecule has 0 heterocycles. The summed E-state index contributed by atoms with van der Waals surface area (Å²) in [6.45, 7) is 5.28. The van der Waals surface area contributed by atoms with E-state index in [1.165, 1.54) is 18.9 Å². The van der Waals surface area contributed by atoms with Crippen LogP contribution in [0.1, 0.15) is 51.9 Å². The molecule has 0 aromatic heterocycles. The minimum absolute atomic E-state index is 0.0270. The lowest BCUT2D eigenvalue weighted by atomic mass is 10.1. The highest BCUT2D eigenvalue weighted by Crippen LogP contribution is 2.27. The average Bonchev–Trinajstić information content (AvgIpc) is 2.31. The van der Waals surface area contributed by atoms with Gasteiger partial charge < -0.3 is 4.74 Å². The van der Waals surface area contributed by atoms with Gasteiger partial charge in [-0.1, -0.05) is 38.7 Å². The summed E-state index contributed by atoms with van der Waals surface area (Å²) in [6, 6.07) is -1.65. The van der Waals surface area contributed by atoms with Crippen molar-refractivity contribution >= 4 is 45.2 Å². The number of hydrogen-bond acceptors (Lipinski definition) is 2. The number of esters is 1. The number of halogens is 3. The summed E-state index contributed by atoms with van der Waals surface area (Å²) in [6.07, 6.45) is 8.80. The summed E-state index contributed by atoms with van der Waals surface area (Å²) in [5.41, 5.74) is 0. The second kappa shape index (κ2) is 11.0. The summed E-state index contributed by atoms with van der Waals surface area (Å²) >= 11 is 17.4. The molecular weight excluding hydrogens is 323 g/mol. The fourth-order valence-corrected chi connectivity index (χ4v) is 3.62. The first-order valence-electron chi connectivity index (χ1n) is 6.75. The van der Waals surface area contributed by atoms with E-state index in [-0.39, 0.29) is 12.1 Å². The molecule has 0 amide bonds. The van der Waals surface area contributed by atoms with E-state index in [1.54, 1.807) is 0 Å². The van der Waals surface area contributed by atoms with Gasteiger partial charge in [-0.2, -0.15) is 0 Å². The fraction of sp³-hybridized carbons (Fsp3) is 0.769. The third-order valence-corrected chi connectivity index (χ3v) is 5.43. The van der Waals surface area contributed by atoms with Crippen LogP contribution < -0.4 is 0 Å². The third-order valence-electron chi connectivity index (χ3n) is 2.80. The van der Waals surface area contributed by atoms with Crippen LogP contribution in [0.2, 0.25) is 6.04 Å². The van der Waals surface area contributed by atoms with Crippen molar-refractivity contribution in [1.82, 2.24) is 0 Å². The molecule has 1 unspecified atom stereocenters. The van der Waals surface area contributed by atoms with Gasteiger partial charge in [0, 0.05) is 6.08 Å². The molecule has 0 saturated heterocycles. The number of carbonyl (C=O) groups is 1. The Kier molecular flexibility index (Phi) is 11.2. The van der Waals surface area contributed by atoms with E-state index in [9.17, 15) is 4.79 Å². The Morgan fingerprint density at radius 2 is 1.68 bits per heavy atom. The lowest BCUT2D eigenvalue weighted by Gasteiger charge is -2.11. The molecule has 0 fully saturated rings. The van der Waals surface area contributed by atoms with E-state index in [2.05, 4.69) is 6.58 Å². The molecule has 0 spiro atoms. The summed E-state index contributed by atoms with van der Waals surface area (Å²) in [7, 11) is 0. The largest absolute Gasteiger partial charge is 0.460 e. The van der Waals surface area contributed by atoms with Gasteiger partial charge in [0.25, 0.3) is 0 Å². The Bertz CT molecular complexity index is 267. The van der Waals surface area contributed by atoms with Gasteiger partial charge in [0.05, 0.1) is 6.10 Å². The van der Waals surface area contributed by atoms with Gasteiger partial charge in [-0.15, -0.1) is 33.2 Å². The van der Waals surface area contributed by atoms with E-state index in [4.69, 9.17) is 38.0 Å². The van der Waals surface area contributed by atoms with Gasteiger partial charge >= 0.3 is 12.0 Å². The van der Waals surface area contributed by atoms with Gasteiger partial charge in [0.15, 0.2) is 0 Å². The fourth-order valence-electron chi connectivity index (χ4n) is 1.77. The highest BCUT2D eigenvalue weighted by molar-refractivity contribution is 7.64. The zero-order valence-corrected chi connectivity index (χ0v) is 14.7. The van der Waals surface area contributed by atoms with Crippen molar-refractivity contribution in [1.29, 1.82) is 0 Å². The van der Waals surface area contributed by atoms with Crippen molar-refractivity contribution < 1.29 is 9.53 Å². The lowest BCUT2D eigenvalue weighted by Crippen LogP contribution is -2.12. The minimum atomic E-state index is -2.41. The van der Waals surface area contributed by atoms with Crippen LogP contribution >= 0.6 is 33.2 Å². The topological polar surface area (TPSA) is 26.3 Å². The van der Waals surface area contributed by atoms with Crippen LogP contribution in [-0.2, 0) is 9.53 Å². The molecule has 0 N–H and O–H groups in total. The number of ether oxygens (including phenoxy) is 1. The summed E-state index contributed by atoms with van der Waals surface area (Å²) in [5.74, 6) is -0.344. The van der Waals surface area contributed by atoms with Gasteiger partial charge in [0.1, 0.15) is 0 Å². The Morgan fingerprint density at radius 3 is 2.21 bits per heavy atom. The standard InChI is InChI=1S/C13H23Cl3O2Si/c1-3-13(17)18-12(2)10-8-6-4-5-7-9-11-19(14,15)16/h3,12H,1,4-11H2,2H3. The van der Waals surface area contributed by atoms with Crippen molar-refractivity contribution in [3.05, 3.63) is 12.7 Å². The Hall–Kier alpha value is 0.297. The minimum Gasteiger partial charge on any atom is -0.460 e. The van der Waals surface area contributed by atoms with Crippen molar-refractivity contribution in [2.45, 2.75) is 64.0 Å². The molecule has 0 aliphatic heterocycles. The second-order valence-electron chi connectivity index (χ2n) is 4.73. The number of hydrogen-bond donors (Lipinski definition) is 0. The van der Waals surface area contributed by atoms with Crippen molar-refractivity contribution in [2.75, 3.05) is 0 Å². The molecule has 0 rings (SSSR count). The van der Waals surface area contributed by atoms with Gasteiger partial charge in [-0.3, -0.25) is 0 Å². The summed E-state index contributed by atoms with van der Waals surface area (Å²) in [5, 5.41) is 0. The molecule has 0 bridgehead atoms. The second-order valence-corrected chi connectivity index (χ2v) is 14.0. The van der Waals surface area contributed by atoms with E-state index < -0.39 is 6.00 Å². The molecule has 2 nitrogen and oxygen atoms in total. The molecule has 0 aromatic carbocycles. The Morgan fingerprint density at radius 1 is 1.16 bits per heavy atom. The Balaban J connectivity index is 3.31. The smallest absolute Gasteiger partial charge is 0.341 e. The molecule has 1 atom stereocenters. The van der Waals surface area contributed by atoms with E-state index >= 15 is 0 Å². The maximum absolute atomic E-state index is 10.9. The Labute approximate surface area is 131 Å². The first-order chi connectivity index (χ1) is 8.85. The molecule has 0 saturated carbocycles. The van der Waals surface area contributed by atoms with Crippen LogP contribution in [0.4, 0.5) is 0 Å². The molecular formula is C13H23Cl3O2Si. The lowest BCUT2D eigenvalue weighted by molar-refractivity contribution is -0.142. The van der Waals surface area contributed by atoms with E-state index in [0.29, 0.717) is 0 Å². The molecule has 112 valence electrons. The van der Waals surface area contributed by atoms with Gasteiger partial charge in [-0.25, -0.2) is 4.79 Å². The number of rotatable bonds is 11. The van der Waals surface area contributed by atoms with E-state index in [1.807, 2.05) is 6.92 Å². The molecule has 19 heavy (non-hydrogen) atoms. The number of unbranched alkanes of at least 4 members (excludes halogenated alkanes) is 5. The van der Waals surface area contributed by atoms with Crippen molar-refractivity contribution in [2.24, 2.45) is 0 Å². The third kappa shape index (κ3) is 14.5. The maximum Gasteiger partial charge on any atom is 0.341 e. The van der Waals surface area contributed by atoms with Crippen LogP contribution in [0.15, 0.2) is 12.7 Å². The van der Waals surface area contributed by atoms with Crippen LogP contribution in [0.25, 0.3) is 0 Å². The molecule has 0 aromatic rings. The van der Waals surface area contributed by atoms with Crippen molar-refractivity contribution in [3.8, 4) is 0 Å². The first-order valence-corrected chi connectivity index (χ1v) is 12.0. The van der Waals surface area contributed by atoms with E-state index in [0.717, 1.165) is 38.1 Å². The van der Waals surface area contributed by atoms with Crippen molar-refractivity contribution in [3.63, 3.8) is 0 Å². The predicted octanol–water partition coefficient (Wildman–Crippen LogP) is 5.49. The molecule has 0 aliphatic rings. The summed E-state index contributed by atoms with van der Waals surface area (Å²) in [4.78, 5) is 10.9. The quantitative estimate of drug-likeness (QED) is 0.163. The van der Waals surface area contributed by atoms with Crippen LogP contribution in [-0.4, -0.2) is 18.1 Å². The normalized spacial score (nSPS) is 13.1. The zero-order chi connectivity index (χ0) is 14.7. The van der Waals surface area contributed by atoms with Gasteiger partial charge in [0.2, 0.25) is 0 Å². The zero-order valence-electron chi connectivity index (χ0n) is 11.5. The summed E-state index contributed by atoms with van der Waals surface area (Å²) < 4.78 is 5.09. The monoisotopic (exact) mass is 344 g/mol. The number of carbonyl (C=O) groups excluding carboxylic acids is 1. The first kappa shape index (κ1) is 19.3.